The number of hydrogen-bond acceptors (Lipinski definition) is 4. The quantitative estimate of drug-likeness (QED) is 0.552. The fourth-order valence-corrected chi connectivity index (χ4v) is 2.75. The third kappa shape index (κ3) is 3.60. The smallest absolute Gasteiger partial charge is 0.453 e. The summed E-state index contributed by atoms with van der Waals surface area (Å²) in [6.45, 7) is 3.37. The van der Waals surface area contributed by atoms with Crippen LogP contribution in [-0.2, 0) is 6.18 Å². The number of aryl methyl sites for hydroxylation is 2. The van der Waals surface area contributed by atoms with Gasteiger partial charge < -0.3 is 13.9 Å². The molecule has 0 bridgehead atoms. The Morgan fingerprint density at radius 3 is 2.22 bits per heavy atom. The van der Waals surface area contributed by atoms with E-state index in [-0.39, 0.29) is 22.5 Å². The number of hydrogen-bond donors (Lipinski definition) is 0. The predicted octanol–water partition coefficient (Wildman–Crippen LogP) is 5.88. The molecule has 0 saturated carbocycles. The number of benzene rings is 2. The average Bonchev–Trinajstić information content (AvgIpc) is 2.60. The maximum atomic E-state index is 13.5. The van der Waals surface area contributed by atoms with Crippen LogP contribution < -0.4 is 14.9 Å². The standard InChI is InChI=1S/C19H14ClF3O4/c1-9-6-12(7-10(2)15(9)20)26-17-16(24)13-5-4-11(25-3)8-14(13)27-18(17)19(21,22)23/h4-8H,1-3H3. The van der Waals surface area contributed by atoms with Crippen molar-refractivity contribution in [2.75, 3.05) is 7.11 Å². The molecule has 3 rings (SSSR count). The van der Waals surface area contributed by atoms with Crippen molar-refractivity contribution < 1.29 is 27.1 Å². The molecule has 142 valence electrons. The zero-order valence-electron chi connectivity index (χ0n) is 14.5. The van der Waals surface area contributed by atoms with Crippen molar-refractivity contribution in [1.29, 1.82) is 0 Å². The summed E-state index contributed by atoms with van der Waals surface area (Å²) in [4.78, 5) is 12.7. The molecule has 0 aliphatic rings. The maximum absolute atomic E-state index is 13.5. The summed E-state index contributed by atoms with van der Waals surface area (Å²) >= 11 is 6.07. The summed E-state index contributed by atoms with van der Waals surface area (Å²) in [7, 11) is 1.35. The maximum Gasteiger partial charge on any atom is 0.453 e. The Morgan fingerprint density at radius 2 is 1.67 bits per heavy atom. The van der Waals surface area contributed by atoms with Gasteiger partial charge in [0, 0.05) is 11.1 Å². The molecule has 1 aromatic heterocycles. The van der Waals surface area contributed by atoms with Gasteiger partial charge in [0.15, 0.2) is 0 Å². The summed E-state index contributed by atoms with van der Waals surface area (Å²) in [5.41, 5.74) is 0.0317. The molecule has 0 unspecified atom stereocenters. The van der Waals surface area contributed by atoms with E-state index in [1.165, 1.54) is 37.4 Å². The van der Waals surface area contributed by atoms with Crippen molar-refractivity contribution in [2.45, 2.75) is 20.0 Å². The molecule has 0 N–H and O–H groups in total. The van der Waals surface area contributed by atoms with Crippen LogP contribution in [0.1, 0.15) is 16.9 Å². The molecule has 0 amide bonds. The highest BCUT2D eigenvalue weighted by molar-refractivity contribution is 6.32. The first-order chi connectivity index (χ1) is 12.6. The fraction of sp³-hybridized carbons (Fsp3) is 0.211. The molecule has 0 spiro atoms. The summed E-state index contributed by atoms with van der Waals surface area (Å²) < 4.78 is 55.8. The third-order valence-electron chi connectivity index (χ3n) is 3.95. The zero-order chi connectivity index (χ0) is 19.9. The SMILES string of the molecule is COc1ccc2c(=O)c(Oc3cc(C)c(Cl)c(C)c3)c(C(F)(F)F)oc2c1. The second-order valence-electron chi connectivity index (χ2n) is 5.92. The Balaban J connectivity index is 2.25. The van der Waals surface area contributed by atoms with Crippen LogP contribution in [0.2, 0.25) is 5.02 Å². The van der Waals surface area contributed by atoms with E-state index in [1.54, 1.807) is 13.8 Å². The van der Waals surface area contributed by atoms with E-state index in [1.807, 2.05) is 0 Å². The summed E-state index contributed by atoms with van der Waals surface area (Å²) in [6.07, 6.45) is -4.93. The van der Waals surface area contributed by atoms with Gasteiger partial charge in [0.1, 0.15) is 17.1 Å². The van der Waals surface area contributed by atoms with Gasteiger partial charge in [0.25, 0.3) is 5.76 Å². The van der Waals surface area contributed by atoms with Crippen LogP contribution in [0.15, 0.2) is 39.5 Å². The number of rotatable bonds is 3. The molecule has 8 heteroatoms. The van der Waals surface area contributed by atoms with Crippen molar-refractivity contribution in [1.82, 2.24) is 0 Å². The molecule has 0 aliphatic carbocycles. The monoisotopic (exact) mass is 398 g/mol. The summed E-state index contributed by atoms with van der Waals surface area (Å²) in [6, 6.07) is 6.89. The summed E-state index contributed by atoms with van der Waals surface area (Å²) in [5, 5.41) is 0.414. The molecule has 3 aromatic rings. The van der Waals surface area contributed by atoms with Crippen molar-refractivity contribution >= 4 is 22.6 Å². The number of ether oxygens (including phenoxy) is 2. The number of halogens is 4. The van der Waals surface area contributed by atoms with E-state index in [0.717, 1.165) is 0 Å². The minimum absolute atomic E-state index is 0.0544. The van der Waals surface area contributed by atoms with Crippen LogP contribution in [0, 0.1) is 13.8 Å². The van der Waals surface area contributed by atoms with E-state index in [9.17, 15) is 18.0 Å². The fourth-order valence-electron chi connectivity index (χ4n) is 2.65. The second kappa shape index (κ2) is 6.81. The first kappa shape index (κ1) is 19.1. The molecule has 0 radical (unpaired) electrons. The van der Waals surface area contributed by atoms with Crippen LogP contribution in [-0.4, -0.2) is 7.11 Å². The van der Waals surface area contributed by atoms with Gasteiger partial charge in [-0.1, -0.05) is 11.6 Å². The van der Waals surface area contributed by atoms with Crippen molar-refractivity contribution in [3.8, 4) is 17.2 Å². The van der Waals surface area contributed by atoms with E-state index in [4.69, 9.17) is 25.5 Å². The highest BCUT2D eigenvalue weighted by atomic mass is 35.5. The van der Waals surface area contributed by atoms with E-state index in [0.29, 0.717) is 16.1 Å². The average molecular weight is 399 g/mol. The van der Waals surface area contributed by atoms with E-state index in [2.05, 4.69) is 0 Å². The van der Waals surface area contributed by atoms with Gasteiger partial charge in [0.2, 0.25) is 11.2 Å². The van der Waals surface area contributed by atoms with Crippen molar-refractivity contribution in [2.24, 2.45) is 0 Å². The van der Waals surface area contributed by atoms with Gasteiger partial charge in [-0.2, -0.15) is 13.2 Å². The molecular weight excluding hydrogens is 385 g/mol. The summed E-state index contributed by atoms with van der Waals surface area (Å²) in [5.74, 6) is -2.13. The first-order valence-electron chi connectivity index (χ1n) is 7.78. The van der Waals surface area contributed by atoms with Crippen molar-refractivity contribution in [3.63, 3.8) is 0 Å². The lowest BCUT2D eigenvalue weighted by atomic mass is 10.1. The molecule has 4 nitrogen and oxygen atoms in total. The van der Waals surface area contributed by atoms with Crippen LogP contribution in [0.5, 0.6) is 17.2 Å². The molecule has 2 aromatic carbocycles. The first-order valence-corrected chi connectivity index (χ1v) is 8.16. The Morgan fingerprint density at radius 1 is 1.04 bits per heavy atom. The van der Waals surface area contributed by atoms with Gasteiger partial charge in [-0.25, -0.2) is 0 Å². The second-order valence-corrected chi connectivity index (χ2v) is 6.30. The number of alkyl halides is 3. The number of fused-ring (bicyclic) bond motifs is 1. The molecular formula is C19H14ClF3O4. The minimum atomic E-state index is -4.93. The third-order valence-corrected chi connectivity index (χ3v) is 4.54. The Labute approximate surface area is 157 Å². The van der Waals surface area contributed by atoms with Gasteiger partial charge >= 0.3 is 6.18 Å². The Kier molecular flexibility index (Phi) is 4.82. The van der Waals surface area contributed by atoms with Gasteiger partial charge in [-0.15, -0.1) is 0 Å². The number of methoxy groups -OCH3 is 1. The Hall–Kier alpha value is -2.67. The normalized spacial score (nSPS) is 11.7. The van der Waals surface area contributed by atoms with Crippen LogP contribution >= 0.6 is 11.6 Å². The van der Waals surface area contributed by atoms with Gasteiger partial charge in [-0.3, -0.25) is 4.79 Å². The molecule has 1 heterocycles. The highest BCUT2D eigenvalue weighted by Crippen LogP contribution is 2.39. The Bertz CT molecular complexity index is 1060. The minimum Gasteiger partial charge on any atom is -0.497 e. The lowest BCUT2D eigenvalue weighted by Gasteiger charge is -2.14. The molecule has 0 fully saturated rings. The van der Waals surface area contributed by atoms with Crippen LogP contribution in [0.25, 0.3) is 11.0 Å². The van der Waals surface area contributed by atoms with Gasteiger partial charge in [-0.05, 0) is 49.2 Å². The van der Waals surface area contributed by atoms with Crippen LogP contribution in [0.3, 0.4) is 0 Å². The lowest BCUT2D eigenvalue weighted by Crippen LogP contribution is -2.15. The lowest BCUT2D eigenvalue weighted by molar-refractivity contribution is -0.154. The van der Waals surface area contributed by atoms with Crippen molar-refractivity contribution in [3.05, 3.63) is 62.5 Å². The highest BCUT2D eigenvalue weighted by Gasteiger charge is 2.40. The molecule has 0 saturated heterocycles. The topological polar surface area (TPSA) is 48.7 Å². The van der Waals surface area contributed by atoms with Gasteiger partial charge in [0.05, 0.1) is 12.5 Å². The van der Waals surface area contributed by atoms with E-state index >= 15 is 0 Å². The largest absolute Gasteiger partial charge is 0.497 e. The zero-order valence-corrected chi connectivity index (χ0v) is 15.3. The van der Waals surface area contributed by atoms with E-state index < -0.39 is 23.1 Å². The molecule has 0 atom stereocenters. The molecule has 27 heavy (non-hydrogen) atoms. The molecule has 0 aliphatic heterocycles. The predicted molar refractivity (Wildman–Crippen MR) is 95.0 cm³/mol. The van der Waals surface area contributed by atoms with Crippen LogP contribution in [0.4, 0.5) is 13.2 Å².